The Hall–Kier alpha value is -1.20. The quantitative estimate of drug-likeness (QED) is 0.788. The second kappa shape index (κ2) is 8.29. The largest absolute Gasteiger partial charge is 0.309 e. The van der Waals surface area contributed by atoms with Crippen LogP contribution in [0.1, 0.15) is 44.0 Å². The van der Waals surface area contributed by atoms with Crippen LogP contribution in [0.2, 0.25) is 0 Å². The van der Waals surface area contributed by atoms with Gasteiger partial charge < -0.3 is 5.32 Å². The Morgan fingerprint density at radius 1 is 1.33 bits per heavy atom. The first kappa shape index (κ1) is 16.2. The molecule has 21 heavy (non-hydrogen) atoms. The summed E-state index contributed by atoms with van der Waals surface area (Å²) in [4.78, 5) is 4.19. The topological polar surface area (TPSA) is 42.7 Å². The summed E-state index contributed by atoms with van der Waals surface area (Å²) in [6.07, 6.45) is 8.80. The minimum Gasteiger partial charge on any atom is -0.309 e. The molecule has 114 valence electrons. The summed E-state index contributed by atoms with van der Waals surface area (Å²) < 4.78 is 3.20. The number of aryl methyl sites for hydroxylation is 2. The van der Waals surface area contributed by atoms with E-state index < -0.39 is 0 Å². The van der Waals surface area contributed by atoms with E-state index in [9.17, 15) is 0 Å². The average molecular weight is 351 g/mol. The second-order valence-corrected chi connectivity index (χ2v) is 5.97. The molecule has 0 saturated carbocycles. The minimum atomic E-state index is 0.304. The van der Waals surface area contributed by atoms with E-state index in [4.69, 9.17) is 0 Å². The number of hydrogen-bond donors (Lipinski definition) is 1. The molecule has 0 radical (unpaired) electrons. The van der Waals surface area contributed by atoms with Crippen LogP contribution in [-0.4, -0.2) is 21.3 Å². The van der Waals surface area contributed by atoms with Crippen LogP contribution in [0.4, 0.5) is 0 Å². The predicted molar refractivity (Wildman–Crippen MR) is 89.2 cm³/mol. The Balaban J connectivity index is 2.13. The summed E-state index contributed by atoms with van der Waals surface area (Å²) in [6, 6.07) is 4.43. The lowest BCUT2D eigenvalue weighted by Crippen LogP contribution is -2.25. The highest BCUT2D eigenvalue weighted by Gasteiger charge is 2.19. The molecule has 5 heteroatoms. The molecule has 4 nitrogen and oxygen atoms in total. The fourth-order valence-corrected chi connectivity index (χ4v) is 3.12. The second-order valence-electron chi connectivity index (χ2n) is 5.11. The van der Waals surface area contributed by atoms with Gasteiger partial charge in [0.05, 0.1) is 22.4 Å². The number of halogens is 1. The number of nitrogens with zero attached hydrogens (tertiary/aromatic N) is 3. The minimum absolute atomic E-state index is 0.304. The van der Waals surface area contributed by atoms with Gasteiger partial charge in [-0.25, -0.2) is 0 Å². The smallest absolute Gasteiger partial charge is 0.0695 e. The molecule has 1 unspecified atom stereocenters. The van der Waals surface area contributed by atoms with Gasteiger partial charge in [0.15, 0.2) is 0 Å². The molecule has 0 aliphatic carbocycles. The molecule has 0 fully saturated rings. The first-order chi connectivity index (χ1) is 10.3. The molecule has 0 aliphatic rings. The number of pyridine rings is 1. The average Bonchev–Trinajstić information content (AvgIpc) is 2.86. The molecule has 2 aromatic rings. The summed E-state index contributed by atoms with van der Waals surface area (Å²) >= 11 is 3.65. The lowest BCUT2D eigenvalue weighted by Gasteiger charge is -2.20. The highest BCUT2D eigenvalue weighted by Crippen LogP contribution is 2.27. The van der Waals surface area contributed by atoms with Crippen molar-refractivity contribution in [1.82, 2.24) is 20.1 Å². The molecule has 0 aliphatic heterocycles. The van der Waals surface area contributed by atoms with Crippen LogP contribution in [-0.2, 0) is 13.0 Å². The molecule has 2 heterocycles. The van der Waals surface area contributed by atoms with Crippen molar-refractivity contribution >= 4 is 15.9 Å². The maximum absolute atomic E-state index is 4.48. The summed E-state index contributed by atoms with van der Waals surface area (Å²) in [6.45, 7) is 6.22. The lowest BCUT2D eigenvalue weighted by atomic mass is 10.0. The van der Waals surface area contributed by atoms with Crippen LogP contribution >= 0.6 is 15.9 Å². The molecule has 0 aromatic carbocycles. The third kappa shape index (κ3) is 4.38. The lowest BCUT2D eigenvalue weighted by molar-refractivity contribution is 0.456. The van der Waals surface area contributed by atoms with Gasteiger partial charge in [-0.3, -0.25) is 9.67 Å². The van der Waals surface area contributed by atoms with Crippen molar-refractivity contribution in [1.29, 1.82) is 0 Å². The Morgan fingerprint density at radius 3 is 2.86 bits per heavy atom. The molecular formula is C16H23BrN4. The molecule has 1 N–H and O–H groups in total. The first-order valence-corrected chi connectivity index (χ1v) is 8.39. The van der Waals surface area contributed by atoms with Gasteiger partial charge in [-0.15, -0.1) is 0 Å². The van der Waals surface area contributed by atoms with Crippen molar-refractivity contribution in [3.05, 3.63) is 46.5 Å². The highest BCUT2D eigenvalue weighted by molar-refractivity contribution is 9.10. The molecule has 0 spiro atoms. The molecular weight excluding hydrogens is 328 g/mol. The summed E-state index contributed by atoms with van der Waals surface area (Å²) in [5.74, 6) is 0. The molecule has 2 aromatic heterocycles. The molecule has 0 amide bonds. The van der Waals surface area contributed by atoms with Gasteiger partial charge in [-0.05, 0) is 53.4 Å². The molecule has 2 rings (SSSR count). The van der Waals surface area contributed by atoms with E-state index in [1.54, 1.807) is 0 Å². The fourth-order valence-electron chi connectivity index (χ4n) is 2.55. The van der Waals surface area contributed by atoms with Crippen LogP contribution in [0.3, 0.4) is 0 Å². The molecule has 0 saturated heterocycles. The molecule has 0 bridgehead atoms. The van der Waals surface area contributed by atoms with E-state index in [0.29, 0.717) is 6.04 Å². The number of rotatable bonds is 8. The number of nitrogens with one attached hydrogen (secondary N) is 1. The Morgan fingerprint density at radius 2 is 2.19 bits per heavy atom. The van der Waals surface area contributed by atoms with Gasteiger partial charge >= 0.3 is 0 Å². The van der Waals surface area contributed by atoms with Crippen LogP contribution < -0.4 is 5.32 Å². The third-order valence-electron chi connectivity index (χ3n) is 3.49. The van der Waals surface area contributed by atoms with E-state index in [1.165, 1.54) is 11.3 Å². The van der Waals surface area contributed by atoms with E-state index in [2.05, 4.69) is 55.9 Å². The zero-order chi connectivity index (χ0) is 15.1. The first-order valence-electron chi connectivity index (χ1n) is 7.59. The summed E-state index contributed by atoms with van der Waals surface area (Å²) in [5, 5.41) is 8.06. The van der Waals surface area contributed by atoms with Gasteiger partial charge in [-0.2, -0.15) is 5.10 Å². The molecule has 1 atom stereocenters. The van der Waals surface area contributed by atoms with Crippen molar-refractivity contribution < 1.29 is 0 Å². The number of hydrogen-bond acceptors (Lipinski definition) is 3. The Bertz CT molecular complexity index is 538. The maximum atomic E-state index is 4.48. The summed E-state index contributed by atoms with van der Waals surface area (Å²) in [5.41, 5.74) is 2.53. The van der Waals surface area contributed by atoms with Gasteiger partial charge in [0, 0.05) is 18.9 Å². The van der Waals surface area contributed by atoms with E-state index in [0.717, 1.165) is 36.8 Å². The van der Waals surface area contributed by atoms with Crippen molar-refractivity contribution in [2.45, 2.75) is 45.7 Å². The number of aromatic nitrogens is 3. The van der Waals surface area contributed by atoms with Crippen LogP contribution in [0.5, 0.6) is 0 Å². The van der Waals surface area contributed by atoms with Crippen LogP contribution in [0.15, 0.2) is 35.2 Å². The highest BCUT2D eigenvalue weighted by atomic mass is 79.9. The SMILES string of the molecule is CCCn1ncc(Br)c1C(CCc1cccnc1)NCC. The van der Waals surface area contributed by atoms with Crippen molar-refractivity contribution in [3.8, 4) is 0 Å². The predicted octanol–water partition coefficient (Wildman–Crippen LogP) is 3.73. The van der Waals surface area contributed by atoms with Crippen LogP contribution in [0.25, 0.3) is 0 Å². The van der Waals surface area contributed by atoms with Crippen molar-refractivity contribution in [2.24, 2.45) is 0 Å². The standard InChI is InChI=1S/C16H23BrN4/c1-3-10-21-16(14(17)12-20-21)15(19-4-2)8-7-13-6-5-9-18-11-13/h5-6,9,11-12,15,19H,3-4,7-8,10H2,1-2H3. The third-order valence-corrected chi connectivity index (χ3v) is 4.10. The van der Waals surface area contributed by atoms with Crippen molar-refractivity contribution in [3.63, 3.8) is 0 Å². The van der Waals surface area contributed by atoms with Crippen LogP contribution in [0, 0.1) is 0 Å². The van der Waals surface area contributed by atoms with E-state index >= 15 is 0 Å². The summed E-state index contributed by atoms with van der Waals surface area (Å²) in [7, 11) is 0. The maximum Gasteiger partial charge on any atom is 0.0695 e. The van der Waals surface area contributed by atoms with Gasteiger partial charge in [-0.1, -0.05) is 19.9 Å². The Labute approximate surface area is 135 Å². The zero-order valence-electron chi connectivity index (χ0n) is 12.7. The Kier molecular flexibility index (Phi) is 6.39. The van der Waals surface area contributed by atoms with Gasteiger partial charge in [0.1, 0.15) is 0 Å². The normalized spacial score (nSPS) is 12.5. The van der Waals surface area contributed by atoms with E-state index in [-0.39, 0.29) is 0 Å². The van der Waals surface area contributed by atoms with E-state index in [1.807, 2.05) is 24.7 Å². The zero-order valence-corrected chi connectivity index (χ0v) is 14.3. The van der Waals surface area contributed by atoms with Gasteiger partial charge in [0.25, 0.3) is 0 Å². The van der Waals surface area contributed by atoms with Crippen molar-refractivity contribution in [2.75, 3.05) is 6.54 Å². The monoisotopic (exact) mass is 350 g/mol. The fraction of sp³-hybridized carbons (Fsp3) is 0.500. The van der Waals surface area contributed by atoms with Gasteiger partial charge in [0.2, 0.25) is 0 Å².